The largest absolute Gasteiger partial charge is 0.395 e. The van der Waals surface area contributed by atoms with Gasteiger partial charge in [-0.05, 0) is 13.0 Å². The van der Waals surface area contributed by atoms with Crippen molar-refractivity contribution in [1.29, 1.82) is 0 Å². The summed E-state index contributed by atoms with van der Waals surface area (Å²) in [5.41, 5.74) is 0. The highest BCUT2D eigenvalue weighted by Gasteiger charge is 2.20. The summed E-state index contributed by atoms with van der Waals surface area (Å²) in [5.74, 6) is 1.44. The number of piperazine rings is 1. The number of aromatic nitrogens is 2. The molecule has 2 aromatic rings. The van der Waals surface area contributed by atoms with Crippen LogP contribution >= 0.6 is 11.3 Å². The second kappa shape index (κ2) is 6.45. The van der Waals surface area contributed by atoms with E-state index in [1.165, 1.54) is 4.88 Å². The van der Waals surface area contributed by atoms with E-state index >= 15 is 0 Å². The molecule has 7 nitrogen and oxygen atoms in total. The van der Waals surface area contributed by atoms with Crippen LogP contribution in [0.2, 0.25) is 0 Å². The van der Waals surface area contributed by atoms with Crippen molar-refractivity contribution in [3.05, 3.63) is 10.9 Å². The number of aliphatic hydroxyl groups is 1. The molecule has 0 atom stereocenters. The molecule has 8 heteroatoms. The van der Waals surface area contributed by atoms with Gasteiger partial charge in [0.05, 0.1) is 12.0 Å². The lowest BCUT2D eigenvalue weighted by atomic mass is 10.3. The monoisotopic (exact) mass is 321 g/mol. The Bertz CT molecular complexity index is 667. The fourth-order valence-corrected chi connectivity index (χ4v) is 3.38. The van der Waals surface area contributed by atoms with Crippen molar-refractivity contribution in [3.63, 3.8) is 0 Å². The van der Waals surface area contributed by atoms with Crippen molar-refractivity contribution in [2.24, 2.45) is 0 Å². The molecule has 0 radical (unpaired) electrons. The summed E-state index contributed by atoms with van der Waals surface area (Å²) < 4.78 is 0. The molecule has 0 saturated carbocycles. The zero-order valence-corrected chi connectivity index (χ0v) is 13.3. The van der Waals surface area contributed by atoms with Crippen molar-refractivity contribution < 1.29 is 9.90 Å². The van der Waals surface area contributed by atoms with Crippen molar-refractivity contribution in [2.75, 3.05) is 49.5 Å². The van der Waals surface area contributed by atoms with Gasteiger partial charge in [-0.25, -0.2) is 4.98 Å². The standard InChI is InChI=1S/C14H19N5O2S/c1-10-8-11-12(15-2-7-20)16-14(17-13(11)22-10)19-5-3-18(9-21)4-6-19/h8-9,20H,2-7H2,1H3,(H,15,16,17). The molecular formula is C14H19N5O2S. The molecule has 2 N–H and O–H groups in total. The summed E-state index contributed by atoms with van der Waals surface area (Å²) in [6, 6.07) is 2.06. The molecule has 1 saturated heterocycles. The van der Waals surface area contributed by atoms with Crippen LogP contribution < -0.4 is 10.2 Å². The number of thiophene rings is 1. The summed E-state index contributed by atoms with van der Waals surface area (Å²) >= 11 is 1.64. The number of hydrogen-bond acceptors (Lipinski definition) is 7. The number of rotatable bonds is 5. The highest BCUT2D eigenvalue weighted by Crippen LogP contribution is 2.30. The van der Waals surface area contributed by atoms with Crippen molar-refractivity contribution in [1.82, 2.24) is 14.9 Å². The third-order valence-corrected chi connectivity index (χ3v) is 4.60. The van der Waals surface area contributed by atoms with Gasteiger partial charge in [-0.1, -0.05) is 0 Å². The molecule has 0 unspecified atom stereocenters. The number of nitrogens with one attached hydrogen (secondary N) is 1. The molecule has 0 aromatic carbocycles. The fourth-order valence-electron chi connectivity index (χ4n) is 2.51. The van der Waals surface area contributed by atoms with Gasteiger partial charge in [0.15, 0.2) is 0 Å². The Morgan fingerprint density at radius 2 is 2.14 bits per heavy atom. The number of anilines is 2. The van der Waals surface area contributed by atoms with Crippen LogP contribution in [-0.2, 0) is 4.79 Å². The summed E-state index contributed by atoms with van der Waals surface area (Å²) in [7, 11) is 0. The summed E-state index contributed by atoms with van der Waals surface area (Å²) in [6.45, 7) is 5.40. The van der Waals surface area contributed by atoms with Crippen LogP contribution in [-0.4, -0.2) is 65.7 Å². The van der Waals surface area contributed by atoms with E-state index in [1.54, 1.807) is 16.2 Å². The van der Waals surface area contributed by atoms with Gasteiger partial charge in [-0.15, -0.1) is 11.3 Å². The van der Waals surface area contributed by atoms with Crippen LogP contribution in [0.25, 0.3) is 10.2 Å². The van der Waals surface area contributed by atoms with Crippen molar-refractivity contribution in [2.45, 2.75) is 6.92 Å². The Labute approximate surface area is 132 Å². The smallest absolute Gasteiger partial charge is 0.228 e. The SMILES string of the molecule is Cc1cc2c(NCCO)nc(N3CCN(C=O)CC3)nc2s1. The Morgan fingerprint density at radius 3 is 2.82 bits per heavy atom. The quantitative estimate of drug-likeness (QED) is 0.788. The number of aliphatic hydroxyl groups excluding tert-OH is 1. The average molecular weight is 321 g/mol. The Morgan fingerprint density at radius 1 is 1.36 bits per heavy atom. The van der Waals surface area contributed by atoms with E-state index in [0.717, 1.165) is 35.5 Å². The first-order valence-electron chi connectivity index (χ1n) is 7.28. The highest BCUT2D eigenvalue weighted by molar-refractivity contribution is 7.18. The number of nitrogens with zero attached hydrogens (tertiary/aromatic N) is 4. The number of aryl methyl sites for hydroxylation is 1. The maximum Gasteiger partial charge on any atom is 0.228 e. The van der Waals surface area contributed by atoms with Crippen LogP contribution in [0.1, 0.15) is 4.88 Å². The van der Waals surface area contributed by atoms with E-state index in [9.17, 15) is 4.79 Å². The molecular weight excluding hydrogens is 302 g/mol. The minimum atomic E-state index is 0.0575. The first-order chi connectivity index (χ1) is 10.7. The first kappa shape index (κ1) is 15.0. The lowest BCUT2D eigenvalue weighted by Crippen LogP contribution is -2.46. The lowest BCUT2D eigenvalue weighted by molar-refractivity contribution is -0.118. The molecule has 1 aliphatic rings. The topological polar surface area (TPSA) is 81.6 Å². The van der Waals surface area contributed by atoms with Gasteiger partial charge >= 0.3 is 0 Å². The average Bonchev–Trinajstić information content (AvgIpc) is 2.93. The number of carbonyl (C=O) groups excluding carboxylic acids is 1. The minimum Gasteiger partial charge on any atom is -0.395 e. The van der Waals surface area contributed by atoms with E-state index in [0.29, 0.717) is 25.6 Å². The number of fused-ring (bicyclic) bond motifs is 1. The maximum absolute atomic E-state index is 10.8. The van der Waals surface area contributed by atoms with Gasteiger partial charge in [0.25, 0.3) is 0 Å². The number of amides is 1. The fraction of sp³-hybridized carbons (Fsp3) is 0.500. The van der Waals surface area contributed by atoms with Gasteiger partial charge in [-0.3, -0.25) is 4.79 Å². The maximum atomic E-state index is 10.8. The zero-order chi connectivity index (χ0) is 15.5. The number of carbonyl (C=O) groups is 1. The van der Waals surface area contributed by atoms with E-state index in [1.807, 2.05) is 6.92 Å². The van der Waals surface area contributed by atoms with E-state index in [2.05, 4.69) is 26.3 Å². The molecule has 22 heavy (non-hydrogen) atoms. The first-order valence-corrected chi connectivity index (χ1v) is 8.10. The Kier molecular flexibility index (Phi) is 4.39. The molecule has 3 rings (SSSR count). The van der Waals surface area contributed by atoms with Crippen LogP contribution in [0.5, 0.6) is 0 Å². The van der Waals surface area contributed by atoms with Gasteiger partial charge in [-0.2, -0.15) is 4.98 Å². The second-order valence-electron chi connectivity index (χ2n) is 5.23. The zero-order valence-electron chi connectivity index (χ0n) is 12.4. The molecule has 118 valence electrons. The van der Waals surface area contributed by atoms with Crippen LogP contribution in [0, 0.1) is 6.92 Å². The van der Waals surface area contributed by atoms with E-state index in [-0.39, 0.29) is 6.61 Å². The minimum absolute atomic E-state index is 0.0575. The molecule has 0 aliphatic carbocycles. The van der Waals surface area contributed by atoms with Gasteiger partial charge in [0, 0.05) is 37.6 Å². The van der Waals surface area contributed by atoms with E-state index < -0.39 is 0 Å². The molecule has 0 spiro atoms. The molecule has 0 bridgehead atoms. The highest BCUT2D eigenvalue weighted by atomic mass is 32.1. The van der Waals surface area contributed by atoms with E-state index in [4.69, 9.17) is 5.11 Å². The second-order valence-corrected chi connectivity index (χ2v) is 6.46. The van der Waals surface area contributed by atoms with Crippen LogP contribution in [0.3, 0.4) is 0 Å². The third kappa shape index (κ3) is 2.97. The normalized spacial score (nSPS) is 15.4. The Balaban J connectivity index is 1.90. The Hall–Kier alpha value is -1.93. The van der Waals surface area contributed by atoms with Gasteiger partial charge in [0.1, 0.15) is 10.6 Å². The van der Waals surface area contributed by atoms with Crippen molar-refractivity contribution in [3.8, 4) is 0 Å². The van der Waals surface area contributed by atoms with Gasteiger partial charge in [0.2, 0.25) is 12.4 Å². The van der Waals surface area contributed by atoms with Crippen LogP contribution in [0.4, 0.5) is 11.8 Å². The summed E-state index contributed by atoms with van der Waals surface area (Å²) in [6.07, 6.45) is 0.887. The van der Waals surface area contributed by atoms with Gasteiger partial charge < -0.3 is 20.2 Å². The molecule has 1 amide bonds. The summed E-state index contributed by atoms with van der Waals surface area (Å²) in [4.78, 5) is 26.1. The summed E-state index contributed by atoms with van der Waals surface area (Å²) in [5, 5.41) is 13.2. The molecule has 1 aliphatic heterocycles. The predicted octanol–water partition coefficient (Wildman–Crippen LogP) is 0.682. The molecule has 3 heterocycles. The molecule has 2 aromatic heterocycles. The lowest BCUT2D eigenvalue weighted by Gasteiger charge is -2.32. The van der Waals surface area contributed by atoms with Crippen LogP contribution in [0.15, 0.2) is 6.07 Å². The third-order valence-electron chi connectivity index (χ3n) is 3.65. The predicted molar refractivity (Wildman–Crippen MR) is 87.6 cm³/mol. The molecule has 1 fully saturated rings. The number of hydrogen-bond donors (Lipinski definition) is 2. The van der Waals surface area contributed by atoms with Crippen molar-refractivity contribution >= 4 is 39.7 Å².